The Morgan fingerprint density at radius 2 is 2.31 bits per heavy atom. The molecule has 0 aliphatic carbocycles. The molecule has 0 N–H and O–H groups in total. The second kappa shape index (κ2) is 5.16. The molecule has 16 heavy (non-hydrogen) atoms. The first kappa shape index (κ1) is 11.2. The highest BCUT2D eigenvalue weighted by molar-refractivity contribution is 6.20. The van der Waals surface area contributed by atoms with Crippen LogP contribution in [0.25, 0.3) is 0 Å². The van der Waals surface area contributed by atoms with Gasteiger partial charge in [0.05, 0.1) is 11.6 Å². The normalized spacial score (nSPS) is 12.9. The molecule has 4 nitrogen and oxygen atoms in total. The van der Waals surface area contributed by atoms with Gasteiger partial charge in [0.2, 0.25) is 5.89 Å². The third-order valence-electron chi connectivity index (χ3n) is 2.29. The Morgan fingerprint density at radius 1 is 1.44 bits per heavy atom. The molecular weight excluding hydrogens is 228 g/mol. The number of hydrogen-bond acceptors (Lipinski definition) is 4. The van der Waals surface area contributed by atoms with Crippen molar-refractivity contribution in [3.05, 3.63) is 35.9 Å². The van der Waals surface area contributed by atoms with Gasteiger partial charge in [-0.15, -0.1) is 11.6 Å². The molecule has 2 heterocycles. The van der Waals surface area contributed by atoms with E-state index < -0.39 is 0 Å². The van der Waals surface area contributed by atoms with Crippen molar-refractivity contribution in [1.82, 2.24) is 10.1 Å². The largest absolute Gasteiger partial charge is 0.469 e. The average molecular weight is 241 g/mol. The molecule has 0 aliphatic rings. The van der Waals surface area contributed by atoms with Crippen LogP contribution in [-0.4, -0.2) is 10.1 Å². The van der Waals surface area contributed by atoms with Gasteiger partial charge in [-0.05, 0) is 18.6 Å². The van der Waals surface area contributed by atoms with Crippen molar-refractivity contribution in [1.29, 1.82) is 0 Å². The van der Waals surface area contributed by atoms with E-state index in [0.29, 0.717) is 18.1 Å². The Balaban J connectivity index is 1.93. The summed E-state index contributed by atoms with van der Waals surface area (Å²) in [7, 11) is 0. The number of hydrogen-bond donors (Lipinski definition) is 0. The van der Waals surface area contributed by atoms with Crippen molar-refractivity contribution in [2.45, 2.75) is 31.6 Å². The van der Waals surface area contributed by atoms with Gasteiger partial charge in [-0.2, -0.15) is 4.98 Å². The maximum Gasteiger partial charge on any atom is 0.227 e. The topological polar surface area (TPSA) is 52.1 Å². The van der Waals surface area contributed by atoms with Gasteiger partial charge in [-0.3, -0.25) is 0 Å². The first-order valence-electron chi connectivity index (χ1n) is 5.28. The van der Waals surface area contributed by atoms with Crippen molar-refractivity contribution in [3.8, 4) is 0 Å². The molecule has 2 aromatic rings. The van der Waals surface area contributed by atoms with Crippen LogP contribution in [0.4, 0.5) is 0 Å². The van der Waals surface area contributed by atoms with E-state index in [1.54, 1.807) is 6.26 Å². The van der Waals surface area contributed by atoms with Crippen LogP contribution in [-0.2, 0) is 12.8 Å². The predicted molar refractivity (Wildman–Crippen MR) is 59.3 cm³/mol. The molecule has 0 spiro atoms. The number of nitrogens with zero attached hydrogens (tertiary/aromatic N) is 2. The lowest BCUT2D eigenvalue weighted by atomic mass is 10.2. The smallest absolute Gasteiger partial charge is 0.227 e. The monoisotopic (exact) mass is 240 g/mol. The molecule has 0 bridgehead atoms. The maximum atomic E-state index is 6.00. The number of aromatic nitrogens is 2. The number of alkyl halides is 1. The molecule has 1 atom stereocenters. The van der Waals surface area contributed by atoms with Crippen molar-refractivity contribution in [2.24, 2.45) is 0 Å². The molecule has 86 valence electrons. The van der Waals surface area contributed by atoms with Gasteiger partial charge in [0.25, 0.3) is 0 Å². The number of halogens is 1. The fraction of sp³-hybridized carbons (Fsp3) is 0.455. The van der Waals surface area contributed by atoms with Crippen LogP contribution >= 0.6 is 11.6 Å². The molecule has 0 fully saturated rings. The minimum atomic E-state index is -0.166. The van der Waals surface area contributed by atoms with Crippen molar-refractivity contribution < 1.29 is 8.94 Å². The van der Waals surface area contributed by atoms with Gasteiger partial charge < -0.3 is 8.94 Å². The Labute approximate surface area is 98.6 Å². The summed E-state index contributed by atoms with van der Waals surface area (Å²) in [6, 6.07) is 3.79. The third kappa shape index (κ3) is 2.64. The van der Waals surface area contributed by atoms with Crippen molar-refractivity contribution in [2.75, 3.05) is 0 Å². The second-order valence-electron chi connectivity index (χ2n) is 3.50. The fourth-order valence-electron chi connectivity index (χ4n) is 1.36. The first-order chi connectivity index (χ1) is 7.79. The molecule has 0 aromatic carbocycles. The lowest BCUT2D eigenvalue weighted by Crippen LogP contribution is -1.93. The van der Waals surface area contributed by atoms with E-state index in [4.69, 9.17) is 20.5 Å². The number of furan rings is 1. The Hall–Kier alpha value is -1.29. The van der Waals surface area contributed by atoms with E-state index in [1.165, 1.54) is 0 Å². The minimum Gasteiger partial charge on any atom is -0.469 e. The summed E-state index contributed by atoms with van der Waals surface area (Å²) < 4.78 is 10.3. The van der Waals surface area contributed by atoms with Gasteiger partial charge in [0.1, 0.15) is 5.76 Å². The summed E-state index contributed by atoms with van der Waals surface area (Å²) in [5, 5.41) is 3.67. The first-order valence-corrected chi connectivity index (χ1v) is 5.72. The van der Waals surface area contributed by atoms with Crippen molar-refractivity contribution >= 4 is 11.6 Å². The number of rotatable bonds is 5. The predicted octanol–water partition coefficient (Wildman–Crippen LogP) is 3.14. The van der Waals surface area contributed by atoms with E-state index in [2.05, 4.69) is 10.1 Å². The summed E-state index contributed by atoms with van der Waals surface area (Å²) >= 11 is 6.00. The molecule has 2 aromatic heterocycles. The number of aryl methyl sites for hydroxylation is 2. The Kier molecular flexibility index (Phi) is 3.62. The van der Waals surface area contributed by atoms with E-state index in [9.17, 15) is 0 Å². The molecule has 0 saturated heterocycles. The van der Waals surface area contributed by atoms with Gasteiger partial charge in [0.15, 0.2) is 5.82 Å². The molecule has 0 radical (unpaired) electrons. The van der Waals surface area contributed by atoms with Gasteiger partial charge >= 0.3 is 0 Å². The summed E-state index contributed by atoms with van der Waals surface area (Å²) in [4.78, 5) is 4.23. The highest BCUT2D eigenvalue weighted by Gasteiger charge is 2.13. The Bertz CT molecular complexity index is 425. The lowest BCUT2D eigenvalue weighted by molar-refractivity contribution is 0.368. The van der Waals surface area contributed by atoms with Crippen LogP contribution in [0.2, 0.25) is 0 Å². The lowest BCUT2D eigenvalue weighted by Gasteiger charge is -1.96. The summed E-state index contributed by atoms with van der Waals surface area (Å²) in [6.45, 7) is 1.98. The second-order valence-corrected chi connectivity index (χ2v) is 4.03. The van der Waals surface area contributed by atoms with Crippen LogP contribution in [0, 0.1) is 0 Å². The van der Waals surface area contributed by atoms with E-state index in [0.717, 1.165) is 18.6 Å². The van der Waals surface area contributed by atoms with Crippen LogP contribution in [0.5, 0.6) is 0 Å². The SMILES string of the molecule is CCC(Cl)c1noc(CCc2ccco2)n1. The third-order valence-corrected chi connectivity index (χ3v) is 2.79. The molecule has 0 amide bonds. The molecule has 1 unspecified atom stereocenters. The average Bonchev–Trinajstić information content (AvgIpc) is 2.96. The summed E-state index contributed by atoms with van der Waals surface area (Å²) in [5.41, 5.74) is 0. The van der Waals surface area contributed by atoms with Crippen LogP contribution in [0.3, 0.4) is 0 Å². The highest BCUT2D eigenvalue weighted by Crippen LogP contribution is 2.20. The van der Waals surface area contributed by atoms with E-state index >= 15 is 0 Å². The molecular formula is C11H13ClN2O2. The zero-order valence-electron chi connectivity index (χ0n) is 9.02. The van der Waals surface area contributed by atoms with Gasteiger partial charge in [-0.25, -0.2) is 0 Å². The van der Waals surface area contributed by atoms with Crippen molar-refractivity contribution in [3.63, 3.8) is 0 Å². The zero-order chi connectivity index (χ0) is 11.4. The van der Waals surface area contributed by atoms with E-state index in [1.807, 2.05) is 19.1 Å². The summed E-state index contributed by atoms with van der Waals surface area (Å²) in [6.07, 6.45) is 3.88. The van der Waals surface area contributed by atoms with Crippen LogP contribution in [0.1, 0.15) is 36.2 Å². The Morgan fingerprint density at radius 3 is 3.00 bits per heavy atom. The molecule has 0 aliphatic heterocycles. The molecule has 5 heteroatoms. The van der Waals surface area contributed by atoms with E-state index in [-0.39, 0.29) is 5.38 Å². The maximum absolute atomic E-state index is 6.00. The summed E-state index contributed by atoms with van der Waals surface area (Å²) in [5.74, 6) is 2.08. The minimum absolute atomic E-state index is 0.166. The molecule has 0 saturated carbocycles. The molecule has 2 rings (SSSR count). The highest BCUT2D eigenvalue weighted by atomic mass is 35.5. The fourth-order valence-corrected chi connectivity index (χ4v) is 1.45. The quantitative estimate of drug-likeness (QED) is 0.754. The van der Waals surface area contributed by atoms with Gasteiger partial charge in [0, 0.05) is 12.8 Å². The standard InChI is InChI=1S/C11H13ClN2O2/c1-2-9(12)11-13-10(16-14-11)6-5-8-4-3-7-15-8/h3-4,7,9H,2,5-6H2,1H3. The van der Waals surface area contributed by atoms with Crippen LogP contribution < -0.4 is 0 Å². The van der Waals surface area contributed by atoms with Crippen LogP contribution in [0.15, 0.2) is 27.3 Å². The zero-order valence-corrected chi connectivity index (χ0v) is 9.78. The van der Waals surface area contributed by atoms with Gasteiger partial charge in [-0.1, -0.05) is 12.1 Å².